The zero-order valence-electron chi connectivity index (χ0n) is 8.33. The highest BCUT2D eigenvalue weighted by atomic mass is 15.3. The second-order valence-corrected chi connectivity index (χ2v) is 3.97. The van der Waals surface area contributed by atoms with E-state index in [0.29, 0.717) is 11.9 Å². The van der Waals surface area contributed by atoms with E-state index in [1.165, 1.54) is 12.8 Å². The number of rotatable bonds is 3. The third-order valence-electron chi connectivity index (χ3n) is 2.62. The molecule has 4 heteroatoms. The molecule has 1 fully saturated rings. The Balaban J connectivity index is 1.95. The summed E-state index contributed by atoms with van der Waals surface area (Å²) in [6.07, 6.45) is 2.48. The first-order valence-corrected chi connectivity index (χ1v) is 4.98. The second-order valence-electron chi connectivity index (χ2n) is 3.97. The van der Waals surface area contributed by atoms with Gasteiger partial charge in [-0.15, -0.1) is 0 Å². The van der Waals surface area contributed by atoms with Gasteiger partial charge in [-0.1, -0.05) is 13.0 Å². The van der Waals surface area contributed by atoms with E-state index in [9.17, 15) is 0 Å². The first kappa shape index (κ1) is 9.27. The zero-order chi connectivity index (χ0) is 9.97. The lowest BCUT2D eigenvalue weighted by molar-refractivity contribution is 0.308. The Kier molecular flexibility index (Phi) is 2.54. The van der Waals surface area contributed by atoms with Crippen LogP contribution in [0.5, 0.6) is 0 Å². The summed E-state index contributed by atoms with van der Waals surface area (Å²) >= 11 is 0. The van der Waals surface area contributed by atoms with Crippen molar-refractivity contribution in [2.24, 2.45) is 11.8 Å². The normalized spacial score (nSPS) is 25.3. The number of anilines is 2. The molecule has 0 atom stereocenters. The zero-order valence-corrected chi connectivity index (χ0v) is 8.33. The SMILES string of the molecule is CC1CC(Nc2cccc(NN)n2)C1. The molecule has 0 amide bonds. The third-order valence-corrected chi connectivity index (χ3v) is 2.62. The van der Waals surface area contributed by atoms with Crippen molar-refractivity contribution in [2.45, 2.75) is 25.8 Å². The molecule has 0 bridgehead atoms. The second kappa shape index (κ2) is 3.84. The number of pyridine rings is 1. The smallest absolute Gasteiger partial charge is 0.142 e. The summed E-state index contributed by atoms with van der Waals surface area (Å²) in [6, 6.07) is 6.33. The van der Waals surface area contributed by atoms with Crippen LogP contribution in [0.25, 0.3) is 0 Å². The fourth-order valence-electron chi connectivity index (χ4n) is 1.82. The molecule has 1 aromatic heterocycles. The molecule has 0 spiro atoms. The number of nitrogens with zero attached hydrogens (tertiary/aromatic N) is 1. The van der Waals surface area contributed by atoms with E-state index >= 15 is 0 Å². The van der Waals surface area contributed by atoms with Crippen molar-refractivity contribution in [3.05, 3.63) is 18.2 Å². The van der Waals surface area contributed by atoms with Crippen LogP contribution in [0.2, 0.25) is 0 Å². The molecule has 4 N–H and O–H groups in total. The van der Waals surface area contributed by atoms with Crippen LogP contribution in [0.3, 0.4) is 0 Å². The maximum absolute atomic E-state index is 5.28. The number of nitrogens with one attached hydrogen (secondary N) is 2. The number of nitrogen functional groups attached to an aromatic ring is 1. The van der Waals surface area contributed by atoms with Crippen molar-refractivity contribution in [2.75, 3.05) is 10.7 Å². The number of hydrogen-bond donors (Lipinski definition) is 3. The van der Waals surface area contributed by atoms with Crippen molar-refractivity contribution in [1.82, 2.24) is 4.98 Å². The summed E-state index contributed by atoms with van der Waals surface area (Å²) in [5.41, 5.74) is 2.53. The molecule has 1 saturated carbocycles. The fraction of sp³-hybridized carbons (Fsp3) is 0.500. The first-order chi connectivity index (χ1) is 6.78. The third kappa shape index (κ3) is 1.96. The number of aromatic nitrogens is 1. The predicted octanol–water partition coefficient (Wildman–Crippen LogP) is 1.58. The highest BCUT2D eigenvalue weighted by Crippen LogP contribution is 2.28. The number of hydrazine groups is 1. The van der Waals surface area contributed by atoms with Gasteiger partial charge in [0.2, 0.25) is 0 Å². The van der Waals surface area contributed by atoms with Gasteiger partial charge in [-0.05, 0) is 30.9 Å². The molecule has 4 nitrogen and oxygen atoms in total. The molecule has 0 aromatic carbocycles. The summed E-state index contributed by atoms with van der Waals surface area (Å²) in [4.78, 5) is 4.29. The molecule has 0 aliphatic heterocycles. The van der Waals surface area contributed by atoms with Gasteiger partial charge in [0.05, 0.1) is 0 Å². The van der Waals surface area contributed by atoms with Crippen LogP contribution in [0, 0.1) is 5.92 Å². The Labute approximate surface area is 83.9 Å². The van der Waals surface area contributed by atoms with E-state index < -0.39 is 0 Å². The quantitative estimate of drug-likeness (QED) is 0.502. The van der Waals surface area contributed by atoms with Crippen LogP contribution in [-0.4, -0.2) is 11.0 Å². The molecule has 14 heavy (non-hydrogen) atoms. The van der Waals surface area contributed by atoms with Gasteiger partial charge >= 0.3 is 0 Å². The van der Waals surface area contributed by atoms with Crippen molar-refractivity contribution in [3.63, 3.8) is 0 Å². The van der Waals surface area contributed by atoms with Gasteiger partial charge < -0.3 is 10.7 Å². The topological polar surface area (TPSA) is 63.0 Å². The average molecular weight is 192 g/mol. The van der Waals surface area contributed by atoms with Crippen LogP contribution in [0.1, 0.15) is 19.8 Å². The maximum atomic E-state index is 5.28. The first-order valence-electron chi connectivity index (χ1n) is 4.98. The highest BCUT2D eigenvalue weighted by Gasteiger charge is 2.25. The molecule has 0 radical (unpaired) electrons. The van der Waals surface area contributed by atoms with Gasteiger partial charge in [0.25, 0.3) is 0 Å². The van der Waals surface area contributed by atoms with Gasteiger partial charge in [0, 0.05) is 6.04 Å². The van der Waals surface area contributed by atoms with Crippen molar-refractivity contribution in [1.29, 1.82) is 0 Å². The van der Waals surface area contributed by atoms with Gasteiger partial charge in [-0.2, -0.15) is 0 Å². The summed E-state index contributed by atoms with van der Waals surface area (Å²) in [7, 11) is 0. The Bertz CT molecular complexity index is 307. The molecular weight excluding hydrogens is 176 g/mol. The Morgan fingerprint density at radius 2 is 2.07 bits per heavy atom. The molecular formula is C10H16N4. The van der Waals surface area contributed by atoms with E-state index in [1.54, 1.807) is 0 Å². The summed E-state index contributed by atoms with van der Waals surface area (Å²) in [6.45, 7) is 2.27. The molecule has 1 aromatic rings. The van der Waals surface area contributed by atoms with Gasteiger partial charge in [0.15, 0.2) is 0 Å². The van der Waals surface area contributed by atoms with Crippen molar-refractivity contribution in [3.8, 4) is 0 Å². The van der Waals surface area contributed by atoms with Crippen LogP contribution < -0.4 is 16.6 Å². The lowest BCUT2D eigenvalue weighted by Crippen LogP contribution is -2.34. The standard InChI is InChI=1S/C10H16N4/c1-7-5-8(6-7)12-9-3-2-4-10(13-9)14-11/h2-4,7-8H,5-6,11H2,1H3,(H2,12,13,14). The van der Waals surface area contributed by atoms with E-state index in [2.05, 4.69) is 22.7 Å². The summed E-state index contributed by atoms with van der Waals surface area (Å²) in [5.74, 6) is 7.73. The molecule has 0 unspecified atom stereocenters. The van der Waals surface area contributed by atoms with Crippen molar-refractivity contribution >= 4 is 11.6 Å². The average Bonchev–Trinajstić information content (AvgIpc) is 2.16. The minimum atomic E-state index is 0.588. The van der Waals surface area contributed by atoms with E-state index in [1.807, 2.05) is 18.2 Å². The summed E-state index contributed by atoms with van der Waals surface area (Å²) < 4.78 is 0. The number of nitrogens with two attached hydrogens (primary N) is 1. The van der Waals surface area contributed by atoms with Crippen LogP contribution in [0.15, 0.2) is 18.2 Å². The molecule has 0 saturated heterocycles. The van der Waals surface area contributed by atoms with E-state index in [4.69, 9.17) is 5.84 Å². The largest absolute Gasteiger partial charge is 0.367 e. The van der Waals surface area contributed by atoms with Gasteiger partial charge in [0.1, 0.15) is 11.6 Å². The minimum Gasteiger partial charge on any atom is -0.367 e. The van der Waals surface area contributed by atoms with Gasteiger partial charge in [-0.25, -0.2) is 10.8 Å². The Hall–Kier alpha value is -1.29. The van der Waals surface area contributed by atoms with Crippen LogP contribution >= 0.6 is 0 Å². The predicted molar refractivity (Wildman–Crippen MR) is 57.9 cm³/mol. The van der Waals surface area contributed by atoms with Crippen LogP contribution in [-0.2, 0) is 0 Å². The van der Waals surface area contributed by atoms with Crippen molar-refractivity contribution < 1.29 is 0 Å². The van der Waals surface area contributed by atoms with E-state index in [0.717, 1.165) is 11.7 Å². The lowest BCUT2D eigenvalue weighted by atomic mass is 9.82. The Morgan fingerprint density at radius 3 is 2.71 bits per heavy atom. The maximum Gasteiger partial charge on any atom is 0.142 e. The number of hydrogen-bond acceptors (Lipinski definition) is 4. The Morgan fingerprint density at radius 1 is 1.36 bits per heavy atom. The van der Waals surface area contributed by atoms with E-state index in [-0.39, 0.29) is 0 Å². The minimum absolute atomic E-state index is 0.588. The molecule has 76 valence electrons. The highest BCUT2D eigenvalue weighted by molar-refractivity contribution is 5.45. The molecule has 2 rings (SSSR count). The summed E-state index contributed by atoms with van der Waals surface area (Å²) in [5, 5.41) is 3.38. The van der Waals surface area contributed by atoms with Gasteiger partial charge in [-0.3, -0.25) is 0 Å². The molecule has 1 aliphatic carbocycles. The fourth-order valence-corrected chi connectivity index (χ4v) is 1.82. The monoisotopic (exact) mass is 192 g/mol. The molecule has 1 aliphatic rings. The lowest BCUT2D eigenvalue weighted by Gasteiger charge is -2.33. The van der Waals surface area contributed by atoms with Crippen LogP contribution in [0.4, 0.5) is 11.6 Å². The molecule has 1 heterocycles.